The lowest BCUT2D eigenvalue weighted by Gasteiger charge is -2.22. The fraction of sp³-hybridized carbons (Fsp3) is 0.364. The summed E-state index contributed by atoms with van der Waals surface area (Å²) >= 11 is 0. The highest BCUT2D eigenvalue weighted by Gasteiger charge is 2.30. The topological polar surface area (TPSA) is 54.0 Å². The molecule has 0 amide bonds. The van der Waals surface area contributed by atoms with Gasteiger partial charge in [-0.15, -0.1) is 0 Å². The number of rotatable bonds is 7. The van der Waals surface area contributed by atoms with Gasteiger partial charge in [0.2, 0.25) is 0 Å². The van der Waals surface area contributed by atoms with Gasteiger partial charge in [0, 0.05) is 24.9 Å². The molecule has 0 radical (unpaired) electrons. The smallest absolute Gasteiger partial charge is 0.416 e. The van der Waals surface area contributed by atoms with Crippen molar-refractivity contribution in [2.24, 2.45) is 0 Å². The number of aromatic nitrogens is 3. The normalized spacial score (nSPS) is 17.4. The van der Waals surface area contributed by atoms with Crippen LogP contribution < -0.4 is 4.74 Å². The third kappa shape index (κ3) is 4.99. The van der Waals surface area contributed by atoms with Crippen LogP contribution in [0.5, 0.6) is 5.75 Å². The van der Waals surface area contributed by atoms with Crippen LogP contribution in [0.3, 0.4) is 0 Å². The maximum absolute atomic E-state index is 12.6. The Morgan fingerprint density at radius 1 is 1.13 bits per heavy atom. The molecule has 0 aliphatic carbocycles. The summed E-state index contributed by atoms with van der Waals surface area (Å²) in [5.41, 5.74) is 2.32. The number of aromatic amines is 1. The number of hydrogen-bond acceptors (Lipinski definition) is 4. The van der Waals surface area contributed by atoms with Crippen LogP contribution in [-0.4, -0.2) is 33.2 Å². The molecule has 3 heterocycles. The van der Waals surface area contributed by atoms with Gasteiger partial charge in [0.05, 0.1) is 29.6 Å². The molecule has 1 saturated heterocycles. The zero-order chi connectivity index (χ0) is 21.0. The third-order valence-corrected chi connectivity index (χ3v) is 5.27. The predicted octanol–water partition coefficient (Wildman–Crippen LogP) is 4.78. The second-order valence-corrected chi connectivity index (χ2v) is 7.39. The number of pyridine rings is 1. The maximum atomic E-state index is 12.6. The fourth-order valence-electron chi connectivity index (χ4n) is 3.75. The Morgan fingerprint density at radius 2 is 1.97 bits per heavy atom. The molecule has 1 atom stereocenters. The first-order valence-corrected chi connectivity index (χ1v) is 9.97. The molecule has 30 heavy (non-hydrogen) atoms. The van der Waals surface area contributed by atoms with Crippen molar-refractivity contribution in [3.8, 4) is 5.75 Å². The van der Waals surface area contributed by atoms with Crippen molar-refractivity contribution in [1.29, 1.82) is 0 Å². The zero-order valence-corrected chi connectivity index (χ0v) is 16.4. The minimum atomic E-state index is -4.34. The predicted molar refractivity (Wildman–Crippen MR) is 106 cm³/mol. The quantitative estimate of drug-likeness (QED) is 0.602. The number of halogens is 3. The van der Waals surface area contributed by atoms with Crippen molar-refractivity contribution in [3.63, 3.8) is 0 Å². The Kier molecular flexibility index (Phi) is 6.03. The van der Waals surface area contributed by atoms with Crippen LogP contribution >= 0.6 is 0 Å². The lowest BCUT2D eigenvalue weighted by molar-refractivity contribution is -0.137. The molecular formula is C22H23F3N4O. The second kappa shape index (κ2) is 8.87. The number of nitrogens with one attached hydrogen (secondary N) is 1. The number of likely N-dealkylation sites (tertiary alicyclic amines) is 1. The standard InChI is InChI=1S/C22H23F3N4O/c23-22(24,25)16-6-8-19(9-7-16)30-13-10-17-14-20(28-27-17)21-5-3-12-29(21)15-18-4-1-2-11-26-18/h1-2,4,6-9,11,14,21H,3,5,10,12-13,15H2,(H,27,28)/t21-/m0/s1. The summed E-state index contributed by atoms with van der Waals surface area (Å²) in [5.74, 6) is 0.417. The van der Waals surface area contributed by atoms with E-state index in [4.69, 9.17) is 4.74 Å². The molecule has 158 valence electrons. The van der Waals surface area contributed by atoms with Crippen molar-refractivity contribution in [3.05, 3.63) is 77.4 Å². The summed E-state index contributed by atoms with van der Waals surface area (Å²) in [6.07, 6.45) is 0.246. The van der Waals surface area contributed by atoms with E-state index in [2.05, 4.69) is 26.1 Å². The Hall–Kier alpha value is -2.87. The van der Waals surface area contributed by atoms with Crippen molar-refractivity contribution in [2.45, 2.75) is 38.0 Å². The first kappa shape index (κ1) is 20.4. The Bertz CT molecular complexity index is 941. The maximum Gasteiger partial charge on any atom is 0.416 e. The average Bonchev–Trinajstić information content (AvgIpc) is 3.38. The lowest BCUT2D eigenvalue weighted by Crippen LogP contribution is -2.23. The highest BCUT2D eigenvalue weighted by atomic mass is 19.4. The Morgan fingerprint density at radius 3 is 2.70 bits per heavy atom. The van der Waals surface area contributed by atoms with Gasteiger partial charge in [-0.2, -0.15) is 18.3 Å². The largest absolute Gasteiger partial charge is 0.493 e. The van der Waals surface area contributed by atoms with Gasteiger partial charge in [-0.3, -0.25) is 15.0 Å². The molecular weight excluding hydrogens is 393 g/mol. The van der Waals surface area contributed by atoms with E-state index in [1.165, 1.54) is 12.1 Å². The Balaban J connectivity index is 1.30. The van der Waals surface area contributed by atoms with Crippen molar-refractivity contribution in [1.82, 2.24) is 20.1 Å². The van der Waals surface area contributed by atoms with Crippen LogP contribution in [0.25, 0.3) is 0 Å². The zero-order valence-electron chi connectivity index (χ0n) is 16.4. The molecule has 1 aliphatic heterocycles. The molecule has 0 saturated carbocycles. The van der Waals surface area contributed by atoms with Crippen molar-refractivity contribution in [2.75, 3.05) is 13.2 Å². The first-order chi connectivity index (χ1) is 14.5. The highest BCUT2D eigenvalue weighted by molar-refractivity contribution is 5.29. The number of hydrogen-bond donors (Lipinski definition) is 1. The minimum absolute atomic E-state index is 0.257. The molecule has 1 aromatic carbocycles. The van der Waals surface area contributed by atoms with Gasteiger partial charge in [-0.25, -0.2) is 0 Å². The summed E-state index contributed by atoms with van der Waals surface area (Å²) in [4.78, 5) is 6.80. The minimum Gasteiger partial charge on any atom is -0.493 e. The van der Waals surface area contributed by atoms with Gasteiger partial charge in [-0.1, -0.05) is 6.07 Å². The molecule has 0 bridgehead atoms. The summed E-state index contributed by atoms with van der Waals surface area (Å²) in [6.45, 7) is 2.17. The second-order valence-electron chi connectivity index (χ2n) is 7.39. The molecule has 0 spiro atoms. The number of alkyl halides is 3. The van der Waals surface area contributed by atoms with Gasteiger partial charge < -0.3 is 4.74 Å². The monoisotopic (exact) mass is 416 g/mol. The van der Waals surface area contributed by atoms with Gasteiger partial charge in [0.1, 0.15) is 5.75 Å². The molecule has 5 nitrogen and oxygen atoms in total. The van der Waals surface area contributed by atoms with Crippen LogP contribution in [-0.2, 0) is 19.1 Å². The number of benzene rings is 1. The molecule has 1 aliphatic rings. The molecule has 2 aromatic heterocycles. The van der Waals surface area contributed by atoms with E-state index in [1.807, 2.05) is 24.4 Å². The summed E-state index contributed by atoms with van der Waals surface area (Å²) in [5, 5.41) is 7.55. The van der Waals surface area contributed by atoms with E-state index in [0.717, 1.165) is 55.1 Å². The fourth-order valence-corrected chi connectivity index (χ4v) is 3.75. The average molecular weight is 416 g/mol. The van der Waals surface area contributed by atoms with Gasteiger partial charge in [0.15, 0.2) is 0 Å². The van der Waals surface area contributed by atoms with Crippen molar-refractivity contribution < 1.29 is 17.9 Å². The highest BCUT2D eigenvalue weighted by Crippen LogP contribution is 2.32. The van der Waals surface area contributed by atoms with Crippen LogP contribution in [0.15, 0.2) is 54.7 Å². The Labute approximate surface area is 172 Å². The van der Waals surface area contributed by atoms with E-state index in [9.17, 15) is 13.2 Å². The van der Waals surface area contributed by atoms with Crippen LogP contribution in [0.1, 0.15) is 41.5 Å². The van der Waals surface area contributed by atoms with Crippen molar-refractivity contribution >= 4 is 0 Å². The lowest BCUT2D eigenvalue weighted by atomic mass is 10.1. The van der Waals surface area contributed by atoms with E-state index < -0.39 is 11.7 Å². The van der Waals surface area contributed by atoms with E-state index >= 15 is 0 Å². The molecule has 4 rings (SSSR count). The number of nitrogens with zero attached hydrogens (tertiary/aromatic N) is 3. The molecule has 1 fully saturated rings. The van der Waals surface area contributed by atoms with Gasteiger partial charge in [0.25, 0.3) is 0 Å². The van der Waals surface area contributed by atoms with Crippen LogP contribution in [0.4, 0.5) is 13.2 Å². The first-order valence-electron chi connectivity index (χ1n) is 9.97. The van der Waals surface area contributed by atoms with E-state index in [1.54, 1.807) is 0 Å². The number of H-pyrrole nitrogens is 1. The molecule has 3 aromatic rings. The van der Waals surface area contributed by atoms with Crippen LogP contribution in [0.2, 0.25) is 0 Å². The third-order valence-electron chi connectivity index (χ3n) is 5.27. The SMILES string of the molecule is FC(F)(F)c1ccc(OCCc2cc([C@@H]3CCCN3Cc3ccccn3)n[nH]2)cc1. The molecule has 8 heteroatoms. The molecule has 0 unspecified atom stereocenters. The summed E-state index contributed by atoms with van der Waals surface area (Å²) < 4.78 is 43.4. The summed E-state index contributed by atoms with van der Waals surface area (Å²) in [7, 11) is 0. The number of ether oxygens (including phenoxy) is 1. The van der Waals surface area contributed by atoms with E-state index in [0.29, 0.717) is 18.8 Å². The summed E-state index contributed by atoms with van der Waals surface area (Å²) in [6, 6.07) is 13.0. The molecule has 1 N–H and O–H groups in total. The van der Waals surface area contributed by atoms with E-state index in [-0.39, 0.29) is 6.04 Å². The van der Waals surface area contributed by atoms with Gasteiger partial charge >= 0.3 is 6.18 Å². The van der Waals surface area contributed by atoms with Gasteiger partial charge in [-0.05, 0) is 61.9 Å². The van der Waals surface area contributed by atoms with Crippen LogP contribution in [0, 0.1) is 0 Å².